The number of pyridine rings is 1. The predicted molar refractivity (Wildman–Crippen MR) is 45.2 cm³/mol. The van der Waals surface area contributed by atoms with Gasteiger partial charge < -0.3 is 0 Å². The molecule has 10 heavy (non-hydrogen) atoms. The number of hydrogen-bond acceptors (Lipinski definition) is 2. The standard InChI is InChI=1S/C8H9NS/c1-2-6-10-8-4-3-5-9-7-8/h2-5,7H,1,6H2. The highest BCUT2D eigenvalue weighted by molar-refractivity contribution is 7.99. The number of aromatic nitrogens is 1. The first-order valence-electron chi connectivity index (χ1n) is 3.07. The molecule has 0 aromatic carbocycles. The number of thioether (sulfide) groups is 1. The summed E-state index contributed by atoms with van der Waals surface area (Å²) in [4.78, 5) is 5.18. The third-order valence-corrected chi connectivity index (χ3v) is 1.98. The lowest BCUT2D eigenvalue weighted by Gasteiger charge is -1.93. The van der Waals surface area contributed by atoms with Crippen molar-refractivity contribution >= 4 is 11.8 Å². The van der Waals surface area contributed by atoms with E-state index in [1.54, 1.807) is 18.0 Å². The SMILES string of the molecule is C=CCSc1cccnc1. The molecule has 0 fully saturated rings. The fourth-order valence-electron chi connectivity index (χ4n) is 0.588. The molecule has 1 aromatic rings. The van der Waals surface area contributed by atoms with Gasteiger partial charge in [0.1, 0.15) is 0 Å². The Kier molecular flexibility index (Phi) is 3.03. The second-order valence-electron chi connectivity index (χ2n) is 1.79. The van der Waals surface area contributed by atoms with Gasteiger partial charge in [0.2, 0.25) is 0 Å². The average Bonchev–Trinajstić information content (AvgIpc) is 2.03. The minimum Gasteiger partial charge on any atom is -0.264 e. The zero-order valence-corrected chi connectivity index (χ0v) is 6.47. The van der Waals surface area contributed by atoms with Gasteiger partial charge in [0.25, 0.3) is 0 Å². The molecule has 0 saturated heterocycles. The molecule has 52 valence electrons. The van der Waals surface area contributed by atoms with Gasteiger partial charge >= 0.3 is 0 Å². The second-order valence-corrected chi connectivity index (χ2v) is 2.88. The molecule has 0 atom stereocenters. The van der Waals surface area contributed by atoms with Gasteiger partial charge in [-0.1, -0.05) is 6.08 Å². The minimum absolute atomic E-state index is 0.950. The Bertz CT molecular complexity index is 196. The quantitative estimate of drug-likeness (QED) is 0.486. The summed E-state index contributed by atoms with van der Waals surface area (Å²) in [6, 6.07) is 3.98. The van der Waals surface area contributed by atoms with E-state index in [1.807, 2.05) is 24.4 Å². The van der Waals surface area contributed by atoms with Crippen LogP contribution in [0.5, 0.6) is 0 Å². The van der Waals surface area contributed by atoms with E-state index in [0.717, 1.165) is 5.75 Å². The smallest absolute Gasteiger partial charge is 0.0403 e. The largest absolute Gasteiger partial charge is 0.264 e. The first-order chi connectivity index (χ1) is 4.93. The molecular weight excluding hydrogens is 142 g/mol. The minimum atomic E-state index is 0.950. The highest BCUT2D eigenvalue weighted by Gasteiger charge is 1.87. The molecule has 1 aromatic heterocycles. The van der Waals surface area contributed by atoms with Gasteiger partial charge in [0, 0.05) is 23.0 Å². The number of rotatable bonds is 3. The summed E-state index contributed by atoms with van der Waals surface area (Å²) >= 11 is 1.74. The van der Waals surface area contributed by atoms with Crippen LogP contribution in [0.2, 0.25) is 0 Å². The lowest BCUT2D eigenvalue weighted by Crippen LogP contribution is -1.73. The van der Waals surface area contributed by atoms with Crippen LogP contribution in [0, 0.1) is 0 Å². The molecular formula is C8H9NS. The van der Waals surface area contributed by atoms with Crippen molar-refractivity contribution in [2.24, 2.45) is 0 Å². The van der Waals surface area contributed by atoms with Crippen LogP contribution in [0.15, 0.2) is 42.1 Å². The molecule has 0 saturated carbocycles. The zero-order chi connectivity index (χ0) is 7.23. The van der Waals surface area contributed by atoms with E-state index in [2.05, 4.69) is 11.6 Å². The Morgan fingerprint density at radius 1 is 1.70 bits per heavy atom. The molecule has 1 heterocycles. The third-order valence-electron chi connectivity index (χ3n) is 1.00. The van der Waals surface area contributed by atoms with Crippen molar-refractivity contribution in [3.05, 3.63) is 37.2 Å². The van der Waals surface area contributed by atoms with Crippen molar-refractivity contribution < 1.29 is 0 Å². The van der Waals surface area contributed by atoms with Crippen LogP contribution in [-0.2, 0) is 0 Å². The van der Waals surface area contributed by atoms with E-state index in [-0.39, 0.29) is 0 Å². The predicted octanol–water partition coefficient (Wildman–Crippen LogP) is 2.36. The van der Waals surface area contributed by atoms with E-state index in [9.17, 15) is 0 Å². The van der Waals surface area contributed by atoms with E-state index in [4.69, 9.17) is 0 Å². The Labute approximate surface area is 65.2 Å². The van der Waals surface area contributed by atoms with Crippen LogP contribution in [0.4, 0.5) is 0 Å². The fourth-order valence-corrected chi connectivity index (χ4v) is 1.21. The van der Waals surface area contributed by atoms with Gasteiger partial charge in [-0.3, -0.25) is 4.98 Å². The van der Waals surface area contributed by atoms with Crippen LogP contribution in [-0.4, -0.2) is 10.7 Å². The van der Waals surface area contributed by atoms with Crippen LogP contribution in [0.3, 0.4) is 0 Å². The summed E-state index contributed by atoms with van der Waals surface area (Å²) < 4.78 is 0. The Morgan fingerprint density at radius 2 is 2.60 bits per heavy atom. The van der Waals surface area contributed by atoms with Crippen molar-refractivity contribution in [3.63, 3.8) is 0 Å². The van der Waals surface area contributed by atoms with Crippen LogP contribution in [0.25, 0.3) is 0 Å². The maximum absolute atomic E-state index is 3.98. The molecule has 0 amide bonds. The highest BCUT2D eigenvalue weighted by Crippen LogP contribution is 2.14. The van der Waals surface area contributed by atoms with Gasteiger partial charge in [-0.2, -0.15) is 0 Å². The topological polar surface area (TPSA) is 12.9 Å². The van der Waals surface area contributed by atoms with Gasteiger partial charge in [-0.25, -0.2) is 0 Å². The molecule has 2 heteroatoms. The Hall–Kier alpha value is -0.760. The maximum Gasteiger partial charge on any atom is 0.0403 e. The van der Waals surface area contributed by atoms with Crippen LogP contribution < -0.4 is 0 Å². The van der Waals surface area contributed by atoms with E-state index in [1.165, 1.54) is 4.90 Å². The summed E-state index contributed by atoms with van der Waals surface area (Å²) in [6.07, 6.45) is 5.52. The Balaban J connectivity index is 2.50. The molecule has 1 rings (SSSR count). The number of nitrogens with zero attached hydrogens (tertiary/aromatic N) is 1. The van der Waals surface area contributed by atoms with Crippen molar-refractivity contribution in [2.45, 2.75) is 4.90 Å². The van der Waals surface area contributed by atoms with Crippen LogP contribution >= 0.6 is 11.8 Å². The normalized spacial score (nSPS) is 9.20. The second kappa shape index (κ2) is 4.12. The van der Waals surface area contributed by atoms with Crippen molar-refractivity contribution in [2.75, 3.05) is 5.75 Å². The molecule has 1 nitrogen and oxygen atoms in total. The summed E-state index contributed by atoms with van der Waals surface area (Å²) in [6.45, 7) is 3.63. The summed E-state index contributed by atoms with van der Waals surface area (Å²) in [5, 5.41) is 0. The molecule has 0 unspecified atom stereocenters. The molecule has 0 N–H and O–H groups in total. The van der Waals surface area contributed by atoms with Gasteiger partial charge in [0.15, 0.2) is 0 Å². The monoisotopic (exact) mass is 151 g/mol. The van der Waals surface area contributed by atoms with Gasteiger partial charge in [-0.05, 0) is 12.1 Å². The van der Waals surface area contributed by atoms with Gasteiger partial charge in [0.05, 0.1) is 0 Å². The summed E-state index contributed by atoms with van der Waals surface area (Å²) in [5.74, 6) is 0.950. The first-order valence-corrected chi connectivity index (χ1v) is 4.06. The van der Waals surface area contributed by atoms with Crippen LogP contribution in [0.1, 0.15) is 0 Å². The number of hydrogen-bond donors (Lipinski definition) is 0. The van der Waals surface area contributed by atoms with E-state index in [0.29, 0.717) is 0 Å². The summed E-state index contributed by atoms with van der Waals surface area (Å²) in [7, 11) is 0. The molecule has 0 aliphatic carbocycles. The third kappa shape index (κ3) is 2.23. The van der Waals surface area contributed by atoms with Crippen molar-refractivity contribution in [1.82, 2.24) is 4.98 Å². The molecule has 0 aliphatic heterocycles. The van der Waals surface area contributed by atoms with E-state index < -0.39 is 0 Å². The average molecular weight is 151 g/mol. The van der Waals surface area contributed by atoms with Gasteiger partial charge in [-0.15, -0.1) is 18.3 Å². The highest BCUT2D eigenvalue weighted by atomic mass is 32.2. The maximum atomic E-state index is 3.98. The lowest BCUT2D eigenvalue weighted by atomic mass is 10.5. The zero-order valence-electron chi connectivity index (χ0n) is 5.66. The molecule has 0 radical (unpaired) electrons. The van der Waals surface area contributed by atoms with Crippen molar-refractivity contribution in [3.8, 4) is 0 Å². The van der Waals surface area contributed by atoms with E-state index >= 15 is 0 Å². The summed E-state index contributed by atoms with van der Waals surface area (Å²) in [5.41, 5.74) is 0. The molecule has 0 aliphatic rings. The fraction of sp³-hybridized carbons (Fsp3) is 0.125. The Morgan fingerprint density at radius 3 is 3.20 bits per heavy atom. The first kappa shape index (κ1) is 7.35. The van der Waals surface area contributed by atoms with Crippen molar-refractivity contribution in [1.29, 1.82) is 0 Å². The molecule has 0 bridgehead atoms. The lowest BCUT2D eigenvalue weighted by molar-refractivity contribution is 1.24. The molecule has 0 spiro atoms.